The number of anilines is 1. The lowest BCUT2D eigenvalue weighted by atomic mass is 10.2. The molecule has 0 aliphatic rings. The fourth-order valence-electron chi connectivity index (χ4n) is 2.19. The van der Waals surface area contributed by atoms with E-state index < -0.39 is 10.0 Å². The Morgan fingerprint density at radius 3 is 2.55 bits per heavy atom. The van der Waals surface area contributed by atoms with Crippen molar-refractivity contribution in [3.8, 4) is 5.75 Å². The van der Waals surface area contributed by atoms with Crippen molar-refractivity contribution in [3.05, 3.63) is 48.2 Å². The normalized spacial score (nSPS) is 11.5. The molecule has 0 fully saturated rings. The lowest BCUT2D eigenvalue weighted by molar-refractivity contribution is 0.419. The van der Waals surface area contributed by atoms with Crippen LogP contribution in [-0.4, -0.2) is 25.7 Å². The van der Waals surface area contributed by atoms with Crippen LogP contribution in [0.1, 0.15) is 5.56 Å². The Morgan fingerprint density at radius 2 is 1.86 bits per heavy atom. The van der Waals surface area contributed by atoms with Gasteiger partial charge >= 0.3 is 0 Å². The summed E-state index contributed by atoms with van der Waals surface area (Å²) in [5.74, 6) is 0.603. The molecule has 0 unspecified atom stereocenters. The second-order valence-corrected chi connectivity index (χ2v) is 6.58. The predicted molar refractivity (Wildman–Crippen MR) is 84.6 cm³/mol. The lowest BCUT2D eigenvalue weighted by Gasteiger charge is -2.10. The Morgan fingerprint density at radius 1 is 1.14 bits per heavy atom. The Bertz CT molecular complexity index is 915. The molecular formula is C15H15N3O3S. The van der Waals surface area contributed by atoms with E-state index >= 15 is 0 Å². The number of rotatable bonds is 4. The molecule has 0 saturated heterocycles. The maximum absolute atomic E-state index is 12.5. The summed E-state index contributed by atoms with van der Waals surface area (Å²) in [6.45, 7) is 1.91. The van der Waals surface area contributed by atoms with Gasteiger partial charge in [0.25, 0.3) is 10.0 Å². The third kappa shape index (κ3) is 2.50. The van der Waals surface area contributed by atoms with Gasteiger partial charge in [0.2, 0.25) is 0 Å². The van der Waals surface area contributed by atoms with Crippen LogP contribution in [0.2, 0.25) is 0 Å². The molecule has 0 saturated carbocycles. The number of hydrogen-bond donors (Lipinski definition) is 2. The van der Waals surface area contributed by atoms with Gasteiger partial charge in [-0.1, -0.05) is 17.7 Å². The molecule has 2 N–H and O–H groups in total. The van der Waals surface area contributed by atoms with E-state index in [0.717, 1.165) is 5.56 Å². The molecule has 1 heterocycles. The number of aryl methyl sites for hydroxylation is 1. The number of benzene rings is 2. The molecule has 0 amide bonds. The minimum absolute atomic E-state index is 0.213. The molecule has 114 valence electrons. The molecule has 22 heavy (non-hydrogen) atoms. The molecule has 3 rings (SSSR count). The van der Waals surface area contributed by atoms with Gasteiger partial charge in [-0.3, -0.25) is 9.82 Å². The number of methoxy groups -OCH3 is 1. The molecule has 0 radical (unpaired) electrons. The van der Waals surface area contributed by atoms with Crippen LogP contribution in [0, 0.1) is 6.92 Å². The molecule has 1 aromatic heterocycles. The second kappa shape index (κ2) is 5.34. The van der Waals surface area contributed by atoms with Gasteiger partial charge in [0.05, 0.1) is 23.9 Å². The summed E-state index contributed by atoms with van der Waals surface area (Å²) in [6.07, 6.45) is 1.56. The molecular weight excluding hydrogens is 302 g/mol. The fraction of sp³-hybridized carbons (Fsp3) is 0.133. The van der Waals surface area contributed by atoms with E-state index in [4.69, 9.17) is 4.74 Å². The molecule has 7 heteroatoms. The minimum Gasteiger partial charge on any atom is -0.494 e. The first-order valence-corrected chi connectivity index (χ1v) is 8.09. The first-order chi connectivity index (χ1) is 10.5. The van der Waals surface area contributed by atoms with Crippen LogP contribution in [0.25, 0.3) is 10.9 Å². The molecule has 2 aromatic carbocycles. The Hall–Kier alpha value is -2.54. The Labute approximate surface area is 128 Å². The van der Waals surface area contributed by atoms with Crippen molar-refractivity contribution >= 4 is 26.6 Å². The van der Waals surface area contributed by atoms with Crippen molar-refractivity contribution in [2.24, 2.45) is 0 Å². The molecule has 0 bridgehead atoms. The summed E-state index contributed by atoms with van der Waals surface area (Å²) in [5.41, 5.74) is 2.09. The van der Waals surface area contributed by atoms with E-state index in [1.807, 2.05) is 6.92 Å². The zero-order chi connectivity index (χ0) is 15.7. The van der Waals surface area contributed by atoms with Crippen molar-refractivity contribution in [1.29, 1.82) is 0 Å². The zero-order valence-electron chi connectivity index (χ0n) is 12.1. The number of fused-ring (bicyclic) bond motifs is 1. The highest BCUT2D eigenvalue weighted by molar-refractivity contribution is 7.92. The van der Waals surface area contributed by atoms with E-state index in [-0.39, 0.29) is 4.90 Å². The number of nitrogens with one attached hydrogen (secondary N) is 2. The molecule has 6 nitrogen and oxygen atoms in total. The monoisotopic (exact) mass is 317 g/mol. The van der Waals surface area contributed by atoms with Gasteiger partial charge < -0.3 is 4.74 Å². The number of aromatic amines is 1. The Kier molecular flexibility index (Phi) is 3.50. The summed E-state index contributed by atoms with van der Waals surface area (Å²) in [7, 11) is -2.10. The average Bonchev–Trinajstić information content (AvgIpc) is 2.98. The number of H-pyrrole nitrogens is 1. The van der Waals surface area contributed by atoms with Crippen LogP contribution < -0.4 is 9.46 Å². The van der Waals surface area contributed by atoms with Crippen LogP contribution in [0.4, 0.5) is 5.69 Å². The predicted octanol–water partition coefficient (Wildman–Crippen LogP) is 2.68. The molecule has 0 spiro atoms. The van der Waals surface area contributed by atoms with Crippen LogP contribution in [-0.2, 0) is 10.0 Å². The number of ether oxygens (including phenoxy) is 1. The van der Waals surface area contributed by atoms with Crippen LogP contribution in [0.15, 0.2) is 47.5 Å². The van der Waals surface area contributed by atoms with Gasteiger partial charge in [0.15, 0.2) is 0 Å². The first-order valence-electron chi connectivity index (χ1n) is 6.61. The van der Waals surface area contributed by atoms with Gasteiger partial charge in [-0.2, -0.15) is 5.10 Å². The molecule has 0 aliphatic carbocycles. The summed E-state index contributed by atoms with van der Waals surface area (Å²) < 4.78 is 32.7. The average molecular weight is 317 g/mol. The van der Waals surface area contributed by atoms with Gasteiger partial charge in [-0.25, -0.2) is 8.42 Å². The van der Waals surface area contributed by atoms with Crippen molar-refractivity contribution < 1.29 is 13.2 Å². The largest absolute Gasteiger partial charge is 0.494 e. The van der Waals surface area contributed by atoms with Gasteiger partial charge in [-0.15, -0.1) is 0 Å². The molecule has 3 aromatic rings. The first kappa shape index (κ1) is 14.4. The number of hydrogen-bond acceptors (Lipinski definition) is 4. The van der Waals surface area contributed by atoms with Gasteiger partial charge in [0.1, 0.15) is 11.3 Å². The van der Waals surface area contributed by atoms with E-state index in [2.05, 4.69) is 14.9 Å². The SMILES string of the molecule is COc1ccc(NS(=O)(=O)c2ccc(C)cc2)c2cn[nH]c12. The summed E-state index contributed by atoms with van der Waals surface area (Å²) >= 11 is 0. The second-order valence-electron chi connectivity index (χ2n) is 4.89. The number of sulfonamides is 1. The van der Waals surface area contributed by atoms with E-state index in [9.17, 15) is 8.42 Å². The van der Waals surface area contributed by atoms with Crippen molar-refractivity contribution in [3.63, 3.8) is 0 Å². The van der Waals surface area contributed by atoms with Crippen molar-refractivity contribution in [2.75, 3.05) is 11.8 Å². The molecule has 0 aliphatic heterocycles. The Balaban J connectivity index is 2.02. The zero-order valence-corrected chi connectivity index (χ0v) is 12.9. The summed E-state index contributed by atoms with van der Waals surface area (Å²) in [6, 6.07) is 10.0. The molecule has 0 atom stereocenters. The van der Waals surface area contributed by atoms with Crippen LogP contribution >= 0.6 is 0 Å². The van der Waals surface area contributed by atoms with E-state index in [0.29, 0.717) is 22.3 Å². The maximum Gasteiger partial charge on any atom is 0.261 e. The number of nitrogens with zero attached hydrogens (tertiary/aromatic N) is 1. The highest BCUT2D eigenvalue weighted by Gasteiger charge is 2.17. The van der Waals surface area contributed by atoms with Gasteiger partial charge in [-0.05, 0) is 31.2 Å². The highest BCUT2D eigenvalue weighted by Crippen LogP contribution is 2.31. The summed E-state index contributed by atoms with van der Waals surface area (Å²) in [4.78, 5) is 0.213. The van der Waals surface area contributed by atoms with Crippen LogP contribution in [0.5, 0.6) is 5.75 Å². The van der Waals surface area contributed by atoms with E-state index in [1.165, 1.54) is 0 Å². The minimum atomic E-state index is -3.65. The van der Waals surface area contributed by atoms with Gasteiger partial charge in [0, 0.05) is 5.39 Å². The van der Waals surface area contributed by atoms with Crippen LogP contribution in [0.3, 0.4) is 0 Å². The van der Waals surface area contributed by atoms with Crippen molar-refractivity contribution in [1.82, 2.24) is 10.2 Å². The fourth-order valence-corrected chi connectivity index (χ4v) is 3.27. The quantitative estimate of drug-likeness (QED) is 0.775. The summed E-state index contributed by atoms with van der Waals surface area (Å²) in [5, 5.41) is 7.40. The maximum atomic E-state index is 12.5. The standard InChI is InChI=1S/C15H15N3O3S/c1-10-3-5-11(6-4-10)22(19,20)18-13-7-8-14(21-2)15-12(13)9-16-17-15/h3-9,18H,1-2H3,(H,16,17). The van der Waals surface area contributed by atoms with E-state index in [1.54, 1.807) is 49.7 Å². The number of aromatic nitrogens is 2. The highest BCUT2D eigenvalue weighted by atomic mass is 32.2. The smallest absolute Gasteiger partial charge is 0.261 e. The third-order valence-electron chi connectivity index (χ3n) is 3.37. The topological polar surface area (TPSA) is 84.1 Å². The third-order valence-corrected chi connectivity index (χ3v) is 4.75. The lowest BCUT2D eigenvalue weighted by Crippen LogP contribution is -2.13. The van der Waals surface area contributed by atoms with Crippen molar-refractivity contribution in [2.45, 2.75) is 11.8 Å².